The molecule has 5 heteroatoms. The Balaban J connectivity index is 0.00000220. The van der Waals surface area contributed by atoms with Crippen molar-refractivity contribution in [2.45, 2.75) is 6.54 Å². The number of benzene rings is 1. The quantitative estimate of drug-likeness (QED) is 0.658. The zero-order valence-corrected chi connectivity index (χ0v) is 12.6. The zero-order valence-electron chi connectivity index (χ0n) is 11.8. The average Bonchev–Trinajstić information content (AvgIpc) is 3.00. The number of para-hydroxylation sites is 2. The van der Waals surface area contributed by atoms with E-state index >= 15 is 0 Å². The second kappa shape index (κ2) is 9.76. The molecule has 0 unspecified atom stereocenters. The summed E-state index contributed by atoms with van der Waals surface area (Å²) in [5, 5.41) is 3.16. The highest BCUT2D eigenvalue weighted by atomic mass is 35.5. The summed E-state index contributed by atoms with van der Waals surface area (Å²) in [5.74, 6) is 8.25. The molecule has 1 N–H and O–H groups in total. The lowest BCUT2D eigenvalue weighted by molar-refractivity contribution is 0.331. The van der Waals surface area contributed by atoms with Crippen molar-refractivity contribution in [2.24, 2.45) is 0 Å². The minimum atomic E-state index is 0. The lowest BCUT2D eigenvalue weighted by atomic mass is 10.3. The molecule has 0 spiro atoms. The predicted molar refractivity (Wildman–Crippen MR) is 83.9 cm³/mol. The predicted octanol–water partition coefficient (Wildman–Crippen LogP) is 2.88. The first-order chi connectivity index (χ1) is 9.90. The summed E-state index contributed by atoms with van der Waals surface area (Å²) in [4.78, 5) is 0. The summed E-state index contributed by atoms with van der Waals surface area (Å²) >= 11 is 0. The molecule has 0 aliphatic rings. The normalized spacial score (nSPS) is 9.19. The molecule has 0 bridgehead atoms. The molecule has 1 heterocycles. The van der Waals surface area contributed by atoms with E-state index in [1.165, 1.54) is 0 Å². The number of hydrogen-bond donors (Lipinski definition) is 1. The van der Waals surface area contributed by atoms with E-state index in [0.717, 1.165) is 5.76 Å². The van der Waals surface area contributed by atoms with Crippen molar-refractivity contribution in [3.05, 3.63) is 48.4 Å². The van der Waals surface area contributed by atoms with Crippen molar-refractivity contribution in [3.8, 4) is 23.3 Å². The van der Waals surface area contributed by atoms with Gasteiger partial charge in [-0.15, -0.1) is 12.4 Å². The highest BCUT2D eigenvalue weighted by Crippen LogP contribution is 2.25. The third kappa shape index (κ3) is 5.82. The Kier molecular flexibility index (Phi) is 7.88. The summed E-state index contributed by atoms with van der Waals surface area (Å²) in [5.41, 5.74) is 0. The van der Waals surface area contributed by atoms with Gasteiger partial charge in [-0.3, -0.25) is 5.32 Å². The van der Waals surface area contributed by atoms with Gasteiger partial charge in [0, 0.05) is 0 Å². The van der Waals surface area contributed by atoms with Crippen molar-refractivity contribution in [2.75, 3.05) is 20.3 Å². The molecular formula is C16H18ClNO3. The first kappa shape index (κ1) is 17.0. The van der Waals surface area contributed by atoms with Crippen LogP contribution in [0.3, 0.4) is 0 Å². The Morgan fingerprint density at radius 3 is 2.62 bits per heavy atom. The largest absolute Gasteiger partial charge is 0.493 e. The third-order valence-electron chi connectivity index (χ3n) is 2.59. The molecular weight excluding hydrogens is 290 g/mol. The second-order valence-corrected chi connectivity index (χ2v) is 3.98. The molecule has 0 saturated carbocycles. The van der Waals surface area contributed by atoms with Gasteiger partial charge in [-0.1, -0.05) is 24.0 Å². The number of rotatable bonds is 6. The van der Waals surface area contributed by atoms with Crippen LogP contribution in [-0.4, -0.2) is 20.3 Å². The summed E-state index contributed by atoms with van der Waals surface area (Å²) in [6, 6.07) is 11.3. The molecule has 1 aromatic heterocycles. The molecule has 0 aliphatic carbocycles. The molecule has 0 saturated heterocycles. The maximum absolute atomic E-state index is 5.54. The van der Waals surface area contributed by atoms with Gasteiger partial charge in [0.25, 0.3) is 0 Å². The molecule has 2 aromatic rings. The maximum atomic E-state index is 5.54. The average molecular weight is 308 g/mol. The molecule has 0 amide bonds. The first-order valence-corrected chi connectivity index (χ1v) is 6.35. The second-order valence-electron chi connectivity index (χ2n) is 3.98. The molecule has 0 aliphatic heterocycles. The maximum Gasteiger partial charge on any atom is 0.162 e. The van der Waals surface area contributed by atoms with Crippen molar-refractivity contribution >= 4 is 12.4 Å². The first-order valence-electron chi connectivity index (χ1n) is 6.35. The molecule has 0 radical (unpaired) electrons. The van der Waals surface area contributed by atoms with Crippen molar-refractivity contribution in [1.29, 1.82) is 0 Å². The van der Waals surface area contributed by atoms with Crippen molar-refractivity contribution in [3.63, 3.8) is 0 Å². The summed E-state index contributed by atoms with van der Waals surface area (Å²) < 4.78 is 15.9. The minimum absolute atomic E-state index is 0. The number of furan rings is 1. The highest BCUT2D eigenvalue weighted by molar-refractivity contribution is 5.85. The van der Waals surface area contributed by atoms with Gasteiger partial charge in [0.15, 0.2) is 11.5 Å². The summed E-state index contributed by atoms with van der Waals surface area (Å²) in [6.45, 7) is 1.60. The number of methoxy groups -OCH3 is 1. The summed E-state index contributed by atoms with van der Waals surface area (Å²) in [7, 11) is 1.62. The van der Waals surface area contributed by atoms with Crippen LogP contribution in [0.4, 0.5) is 0 Å². The van der Waals surface area contributed by atoms with Crippen LogP contribution in [0.25, 0.3) is 0 Å². The van der Waals surface area contributed by atoms with Crippen LogP contribution >= 0.6 is 12.4 Å². The molecule has 2 rings (SSSR count). The fraction of sp³-hybridized carbons (Fsp3) is 0.250. The van der Waals surface area contributed by atoms with E-state index in [1.54, 1.807) is 13.4 Å². The fourth-order valence-corrected chi connectivity index (χ4v) is 1.63. The Labute approximate surface area is 130 Å². The van der Waals surface area contributed by atoms with Crippen LogP contribution in [0.2, 0.25) is 0 Å². The lowest BCUT2D eigenvalue weighted by Gasteiger charge is -2.07. The molecule has 0 atom stereocenters. The van der Waals surface area contributed by atoms with Gasteiger partial charge < -0.3 is 13.9 Å². The van der Waals surface area contributed by atoms with Crippen LogP contribution < -0.4 is 14.8 Å². The van der Waals surface area contributed by atoms with Crippen LogP contribution in [0.1, 0.15) is 5.76 Å². The summed E-state index contributed by atoms with van der Waals surface area (Å²) in [6.07, 6.45) is 1.66. The SMILES string of the molecule is COc1ccccc1OCC#CCNCc1ccco1.Cl. The number of ether oxygens (including phenoxy) is 2. The zero-order chi connectivity index (χ0) is 14.0. The topological polar surface area (TPSA) is 43.6 Å². The number of hydrogen-bond acceptors (Lipinski definition) is 4. The lowest BCUT2D eigenvalue weighted by Crippen LogP contribution is -2.12. The van der Waals surface area contributed by atoms with Gasteiger partial charge >= 0.3 is 0 Å². The number of nitrogens with one attached hydrogen (secondary N) is 1. The Morgan fingerprint density at radius 1 is 1.10 bits per heavy atom. The molecule has 1 aromatic carbocycles. The van der Waals surface area contributed by atoms with E-state index in [9.17, 15) is 0 Å². The van der Waals surface area contributed by atoms with Crippen LogP contribution in [0.15, 0.2) is 47.1 Å². The van der Waals surface area contributed by atoms with Gasteiger partial charge in [-0.05, 0) is 24.3 Å². The molecule has 112 valence electrons. The third-order valence-corrected chi connectivity index (χ3v) is 2.59. The Morgan fingerprint density at radius 2 is 1.90 bits per heavy atom. The van der Waals surface area contributed by atoms with E-state index in [4.69, 9.17) is 13.9 Å². The van der Waals surface area contributed by atoms with Gasteiger partial charge in [-0.2, -0.15) is 0 Å². The molecule has 21 heavy (non-hydrogen) atoms. The van der Waals surface area contributed by atoms with E-state index in [1.807, 2.05) is 36.4 Å². The smallest absolute Gasteiger partial charge is 0.162 e. The highest BCUT2D eigenvalue weighted by Gasteiger charge is 2.00. The minimum Gasteiger partial charge on any atom is -0.493 e. The fourth-order valence-electron chi connectivity index (χ4n) is 1.63. The van der Waals surface area contributed by atoms with Gasteiger partial charge in [0.1, 0.15) is 12.4 Å². The van der Waals surface area contributed by atoms with Gasteiger partial charge in [0.2, 0.25) is 0 Å². The Hall–Kier alpha value is -2.09. The Bertz CT molecular complexity index is 573. The standard InChI is InChI=1S/C16H17NO3.ClH/c1-18-15-8-2-3-9-16(15)20-11-5-4-10-17-13-14-7-6-12-19-14;/h2-3,6-9,12,17H,10-11,13H2,1H3;1H. The van der Waals surface area contributed by atoms with E-state index in [2.05, 4.69) is 17.2 Å². The van der Waals surface area contributed by atoms with Gasteiger partial charge in [-0.25, -0.2) is 0 Å². The number of halogens is 1. The van der Waals surface area contributed by atoms with Crippen LogP contribution in [-0.2, 0) is 6.54 Å². The van der Waals surface area contributed by atoms with Crippen LogP contribution in [0.5, 0.6) is 11.5 Å². The van der Waals surface area contributed by atoms with Crippen LogP contribution in [0, 0.1) is 11.8 Å². The van der Waals surface area contributed by atoms with Crippen molar-refractivity contribution in [1.82, 2.24) is 5.32 Å². The van der Waals surface area contributed by atoms with Crippen molar-refractivity contribution < 1.29 is 13.9 Å². The van der Waals surface area contributed by atoms with E-state index in [0.29, 0.717) is 31.2 Å². The molecule has 4 nitrogen and oxygen atoms in total. The molecule has 0 fully saturated rings. The van der Waals surface area contributed by atoms with E-state index < -0.39 is 0 Å². The van der Waals surface area contributed by atoms with Gasteiger partial charge in [0.05, 0.1) is 26.5 Å². The van der Waals surface area contributed by atoms with E-state index in [-0.39, 0.29) is 12.4 Å². The monoisotopic (exact) mass is 307 g/mol.